The Morgan fingerprint density at radius 1 is 1.06 bits per heavy atom. The molecule has 8 heteroatoms. The van der Waals surface area contributed by atoms with E-state index in [-0.39, 0.29) is 24.5 Å². The van der Waals surface area contributed by atoms with Crippen LogP contribution in [0, 0.1) is 0 Å². The van der Waals surface area contributed by atoms with Crippen LogP contribution in [0.5, 0.6) is 5.75 Å². The Morgan fingerprint density at radius 2 is 1.81 bits per heavy atom. The van der Waals surface area contributed by atoms with E-state index in [0.29, 0.717) is 35.1 Å². The summed E-state index contributed by atoms with van der Waals surface area (Å²) in [5, 5.41) is 32.5. The number of aliphatic hydroxyl groups excluding tert-OH is 2. The lowest BCUT2D eigenvalue weighted by atomic mass is 10.0. The third-order valence-corrected chi connectivity index (χ3v) is 5.46. The number of hydrogen-bond donors (Lipinski definition) is 4. The number of unbranched alkanes of at least 4 members (excludes halogenated alkanes) is 3. The van der Waals surface area contributed by atoms with Gasteiger partial charge in [0.1, 0.15) is 12.4 Å². The fourth-order valence-electron chi connectivity index (χ4n) is 3.23. The number of nitrogens with one attached hydrogen (secondary N) is 1. The van der Waals surface area contributed by atoms with Crippen LogP contribution in [-0.2, 0) is 17.3 Å². The van der Waals surface area contributed by atoms with Crippen LogP contribution in [-0.4, -0.2) is 41.6 Å². The molecular weight excluding hydrogens is 472 g/mol. The summed E-state index contributed by atoms with van der Waals surface area (Å²) in [4.78, 5) is 0. The number of phenols is 1. The van der Waals surface area contributed by atoms with Crippen LogP contribution in [0.3, 0.4) is 0 Å². The molecule has 0 aromatic heterocycles. The first-order chi connectivity index (χ1) is 14.8. The highest BCUT2D eigenvalue weighted by Crippen LogP contribution is 2.30. The number of alkyl halides is 2. The van der Waals surface area contributed by atoms with E-state index in [1.165, 1.54) is 18.2 Å². The van der Waals surface area contributed by atoms with Crippen molar-refractivity contribution in [2.24, 2.45) is 0 Å². The summed E-state index contributed by atoms with van der Waals surface area (Å²) in [5.41, 5.74) is 0.779. The van der Waals surface area contributed by atoms with Gasteiger partial charge in [0.15, 0.2) is 0 Å². The van der Waals surface area contributed by atoms with Crippen molar-refractivity contribution in [2.45, 2.75) is 44.3 Å². The first-order valence-electron chi connectivity index (χ1n) is 10.4. The minimum absolute atomic E-state index is 0.0318. The van der Waals surface area contributed by atoms with Gasteiger partial charge in [-0.2, -0.15) is 8.78 Å². The van der Waals surface area contributed by atoms with E-state index in [2.05, 4.69) is 21.2 Å². The molecule has 172 valence electrons. The molecule has 0 spiro atoms. The predicted octanol–water partition coefficient (Wildman–Crippen LogP) is 4.64. The summed E-state index contributed by atoms with van der Waals surface area (Å²) in [6.07, 6.45) is 2.56. The van der Waals surface area contributed by atoms with Crippen LogP contribution >= 0.6 is 15.9 Å². The molecule has 0 aliphatic carbocycles. The molecule has 2 rings (SSSR count). The number of benzene rings is 2. The van der Waals surface area contributed by atoms with Crippen molar-refractivity contribution in [2.75, 3.05) is 26.3 Å². The fourth-order valence-corrected chi connectivity index (χ4v) is 3.63. The Bertz CT molecular complexity index is 807. The maximum atomic E-state index is 14.1. The third-order valence-electron chi connectivity index (χ3n) is 4.96. The molecule has 0 aliphatic rings. The fraction of sp³-hybridized carbons (Fsp3) is 0.478. The zero-order valence-electron chi connectivity index (χ0n) is 17.4. The smallest absolute Gasteiger partial charge is 0.296 e. The zero-order chi connectivity index (χ0) is 22.7. The standard InChI is InChI=1S/C23H30BrF2NO4/c24-18-8-5-7-17(13-18)23(25,26)16-31-12-4-2-1-3-11-27-14-22(30)19-9-6-10-21(29)20(19)15-28/h5-10,13,22,27-30H,1-4,11-12,14-16H2. The Balaban J connectivity index is 1.54. The van der Waals surface area contributed by atoms with Gasteiger partial charge < -0.3 is 25.4 Å². The van der Waals surface area contributed by atoms with Crippen molar-refractivity contribution in [1.82, 2.24) is 5.32 Å². The Kier molecular flexibility index (Phi) is 10.8. The van der Waals surface area contributed by atoms with E-state index in [1.54, 1.807) is 24.3 Å². The molecule has 0 saturated carbocycles. The van der Waals surface area contributed by atoms with Gasteiger partial charge in [-0.3, -0.25) is 0 Å². The third kappa shape index (κ3) is 8.46. The van der Waals surface area contributed by atoms with Gasteiger partial charge >= 0.3 is 0 Å². The zero-order valence-corrected chi connectivity index (χ0v) is 19.0. The van der Waals surface area contributed by atoms with E-state index in [4.69, 9.17) is 4.74 Å². The van der Waals surface area contributed by atoms with E-state index >= 15 is 0 Å². The van der Waals surface area contributed by atoms with E-state index < -0.39 is 18.6 Å². The Morgan fingerprint density at radius 3 is 2.55 bits per heavy atom. The van der Waals surface area contributed by atoms with Crippen molar-refractivity contribution in [3.05, 3.63) is 63.6 Å². The number of aromatic hydroxyl groups is 1. The maximum absolute atomic E-state index is 14.1. The first-order valence-corrected chi connectivity index (χ1v) is 11.2. The van der Waals surface area contributed by atoms with Crippen LogP contribution in [0.2, 0.25) is 0 Å². The normalized spacial score (nSPS) is 12.8. The molecule has 1 unspecified atom stereocenters. The molecule has 1 atom stereocenters. The Labute approximate surface area is 190 Å². The van der Waals surface area contributed by atoms with Crippen LogP contribution < -0.4 is 5.32 Å². The minimum Gasteiger partial charge on any atom is -0.508 e. The molecule has 31 heavy (non-hydrogen) atoms. The number of rotatable bonds is 14. The van der Waals surface area contributed by atoms with Gasteiger partial charge in [0, 0.05) is 28.8 Å². The predicted molar refractivity (Wildman–Crippen MR) is 119 cm³/mol. The topological polar surface area (TPSA) is 82.0 Å². The summed E-state index contributed by atoms with van der Waals surface area (Å²) in [7, 11) is 0. The summed E-state index contributed by atoms with van der Waals surface area (Å²) in [5.74, 6) is -3.05. The average molecular weight is 502 g/mol. The van der Waals surface area contributed by atoms with Crippen molar-refractivity contribution in [3.63, 3.8) is 0 Å². The first kappa shape index (κ1) is 25.7. The number of ether oxygens (including phenoxy) is 1. The van der Waals surface area contributed by atoms with Gasteiger partial charge in [0.2, 0.25) is 0 Å². The summed E-state index contributed by atoms with van der Waals surface area (Å²) in [6, 6.07) is 10.9. The molecule has 2 aromatic rings. The van der Waals surface area contributed by atoms with Gasteiger partial charge in [-0.15, -0.1) is 0 Å². The molecule has 0 fully saturated rings. The quantitative estimate of drug-likeness (QED) is 0.283. The minimum atomic E-state index is -3.01. The van der Waals surface area contributed by atoms with Gasteiger partial charge in [-0.05, 0) is 43.1 Å². The highest BCUT2D eigenvalue weighted by atomic mass is 79.9. The summed E-state index contributed by atoms with van der Waals surface area (Å²) < 4.78 is 34.0. The summed E-state index contributed by atoms with van der Waals surface area (Å²) in [6.45, 7) is 0.331. The van der Waals surface area contributed by atoms with Crippen LogP contribution in [0.1, 0.15) is 48.5 Å². The molecule has 0 heterocycles. The second-order valence-electron chi connectivity index (χ2n) is 7.40. The van der Waals surface area contributed by atoms with Gasteiger partial charge in [0.05, 0.1) is 12.7 Å². The molecule has 2 aromatic carbocycles. The summed E-state index contributed by atoms with van der Waals surface area (Å²) >= 11 is 3.20. The van der Waals surface area contributed by atoms with E-state index in [9.17, 15) is 24.1 Å². The van der Waals surface area contributed by atoms with Crippen molar-refractivity contribution >= 4 is 15.9 Å². The second kappa shape index (κ2) is 13.1. The van der Waals surface area contributed by atoms with Crippen molar-refractivity contribution in [1.29, 1.82) is 0 Å². The second-order valence-corrected chi connectivity index (χ2v) is 8.32. The van der Waals surface area contributed by atoms with Crippen molar-refractivity contribution in [3.8, 4) is 5.75 Å². The Hall–Kier alpha value is -1.58. The van der Waals surface area contributed by atoms with Gasteiger partial charge in [-0.25, -0.2) is 0 Å². The SMILES string of the molecule is OCc1c(O)cccc1C(O)CNCCCCCCOCC(F)(F)c1cccc(Br)c1. The average Bonchev–Trinajstić information content (AvgIpc) is 2.74. The van der Waals surface area contributed by atoms with Gasteiger partial charge in [-0.1, -0.05) is 53.0 Å². The number of hydrogen-bond acceptors (Lipinski definition) is 5. The molecule has 4 N–H and O–H groups in total. The molecule has 0 amide bonds. The molecule has 0 radical (unpaired) electrons. The highest BCUT2D eigenvalue weighted by molar-refractivity contribution is 9.10. The van der Waals surface area contributed by atoms with Gasteiger partial charge in [0.25, 0.3) is 5.92 Å². The molecule has 0 bridgehead atoms. The van der Waals surface area contributed by atoms with Crippen LogP contribution in [0.4, 0.5) is 8.78 Å². The van der Waals surface area contributed by atoms with Crippen LogP contribution in [0.15, 0.2) is 46.9 Å². The van der Waals surface area contributed by atoms with Crippen molar-refractivity contribution < 1.29 is 28.8 Å². The number of aliphatic hydroxyl groups is 2. The maximum Gasteiger partial charge on any atom is 0.296 e. The highest BCUT2D eigenvalue weighted by Gasteiger charge is 2.31. The number of halogens is 3. The monoisotopic (exact) mass is 501 g/mol. The lowest BCUT2D eigenvalue weighted by Gasteiger charge is -2.17. The molecule has 5 nitrogen and oxygen atoms in total. The largest absolute Gasteiger partial charge is 0.508 e. The lowest BCUT2D eigenvalue weighted by Crippen LogP contribution is -2.23. The molecule has 0 saturated heterocycles. The van der Waals surface area contributed by atoms with E-state index in [1.807, 2.05) is 0 Å². The van der Waals surface area contributed by atoms with Crippen LogP contribution in [0.25, 0.3) is 0 Å². The lowest BCUT2D eigenvalue weighted by molar-refractivity contribution is -0.0831. The molecule has 0 aliphatic heterocycles. The molecular formula is C23H30BrF2NO4. The van der Waals surface area contributed by atoms with E-state index in [0.717, 1.165) is 19.3 Å².